The largest absolute Gasteiger partial charge is 0.494 e. The summed E-state index contributed by atoms with van der Waals surface area (Å²) in [5, 5.41) is 0. The summed E-state index contributed by atoms with van der Waals surface area (Å²) in [4.78, 5) is 20.0. The highest BCUT2D eigenvalue weighted by molar-refractivity contribution is 7.71. The second-order valence-electron chi connectivity index (χ2n) is 5.37. The van der Waals surface area contributed by atoms with Gasteiger partial charge in [0, 0.05) is 36.5 Å². The fourth-order valence-corrected chi connectivity index (χ4v) is 3.05. The standard InChI is InChI=1S/C16H19N3O2S/c1-2-21-14-6-4-3-5-11(14)9-19-8-7-12-13(10-19)17-16(22)18-15(12)20/h3-6H,2,7-10H2,1H3,(H2,17,18,20,22). The van der Waals surface area contributed by atoms with Gasteiger partial charge in [-0.3, -0.25) is 14.7 Å². The highest BCUT2D eigenvalue weighted by atomic mass is 32.1. The van der Waals surface area contributed by atoms with E-state index in [1.54, 1.807) is 0 Å². The topological polar surface area (TPSA) is 61.1 Å². The number of hydrogen-bond donors (Lipinski definition) is 2. The third kappa shape index (κ3) is 3.13. The minimum atomic E-state index is -0.0619. The van der Waals surface area contributed by atoms with Crippen molar-refractivity contribution in [2.24, 2.45) is 0 Å². The summed E-state index contributed by atoms with van der Waals surface area (Å²) in [5.74, 6) is 0.926. The molecule has 0 bridgehead atoms. The van der Waals surface area contributed by atoms with Crippen LogP contribution in [0.25, 0.3) is 0 Å². The molecule has 0 radical (unpaired) electrons. The first kappa shape index (κ1) is 15.0. The molecule has 0 unspecified atom stereocenters. The van der Waals surface area contributed by atoms with Crippen molar-refractivity contribution in [3.05, 3.63) is 56.2 Å². The Morgan fingerprint density at radius 1 is 1.32 bits per heavy atom. The number of para-hydroxylation sites is 1. The first-order valence-electron chi connectivity index (χ1n) is 7.44. The zero-order valence-electron chi connectivity index (χ0n) is 12.5. The molecule has 6 heteroatoms. The Balaban J connectivity index is 1.81. The molecule has 2 heterocycles. The van der Waals surface area contributed by atoms with Crippen molar-refractivity contribution in [3.63, 3.8) is 0 Å². The van der Waals surface area contributed by atoms with E-state index in [1.165, 1.54) is 0 Å². The number of nitrogens with one attached hydrogen (secondary N) is 2. The van der Waals surface area contributed by atoms with Crippen molar-refractivity contribution >= 4 is 12.2 Å². The Bertz CT molecular complexity index is 781. The molecule has 1 aromatic carbocycles. The number of benzene rings is 1. The van der Waals surface area contributed by atoms with Crippen molar-refractivity contribution < 1.29 is 4.74 Å². The monoisotopic (exact) mass is 317 g/mol. The molecule has 3 rings (SSSR count). The van der Waals surface area contributed by atoms with Crippen LogP contribution in [0, 0.1) is 4.77 Å². The second-order valence-corrected chi connectivity index (χ2v) is 5.77. The average molecular weight is 317 g/mol. The van der Waals surface area contributed by atoms with E-state index in [0.29, 0.717) is 17.9 Å². The van der Waals surface area contributed by atoms with Gasteiger partial charge in [-0.15, -0.1) is 0 Å². The molecule has 1 aromatic heterocycles. The van der Waals surface area contributed by atoms with Gasteiger partial charge in [0.25, 0.3) is 5.56 Å². The van der Waals surface area contributed by atoms with Crippen molar-refractivity contribution in [3.8, 4) is 5.75 Å². The molecule has 5 nitrogen and oxygen atoms in total. The Labute approximate surface area is 134 Å². The molecule has 2 N–H and O–H groups in total. The summed E-state index contributed by atoms with van der Waals surface area (Å²) < 4.78 is 6.07. The van der Waals surface area contributed by atoms with Crippen molar-refractivity contribution in [2.45, 2.75) is 26.4 Å². The highest BCUT2D eigenvalue weighted by Crippen LogP contribution is 2.22. The summed E-state index contributed by atoms with van der Waals surface area (Å²) in [5.41, 5.74) is 2.85. The minimum absolute atomic E-state index is 0.0619. The molecular formula is C16H19N3O2S. The fraction of sp³-hybridized carbons (Fsp3) is 0.375. The smallest absolute Gasteiger partial charge is 0.255 e. The van der Waals surface area contributed by atoms with Gasteiger partial charge in [-0.05, 0) is 31.6 Å². The van der Waals surface area contributed by atoms with Gasteiger partial charge in [0.15, 0.2) is 4.77 Å². The molecule has 0 fully saturated rings. The van der Waals surface area contributed by atoms with Crippen LogP contribution in [0.2, 0.25) is 0 Å². The lowest BCUT2D eigenvalue weighted by Crippen LogP contribution is -2.34. The molecule has 116 valence electrons. The van der Waals surface area contributed by atoms with Crippen LogP contribution < -0.4 is 10.3 Å². The van der Waals surface area contributed by atoms with Gasteiger partial charge >= 0.3 is 0 Å². The second kappa shape index (κ2) is 6.46. The first-order valence-corrected chi connectivity index (χ1v) is 7.85. The SMILES string of the molecule is CCOc1ccccc1CN1CCc2c([nH]c(=S)[nH]c2=O)C1. The van der Waals surface area contributed by atoms with Crippen molar-refractivity contribution in [1.29, 1.82) is 0 Å². The van der Waals surface area contributed by atoms with E-state index in [4.69, 9.17) is 17.0 Å². The molecule has 0 saturated carbocycles. The number of fused-ring (bicyclic) bond motifs is 1. The number of ether oxygens (including phenoxy) is 1. The van der Waals surface area contributed by atoms with Crippen molar-refractivity contribution in [2.75, 3.05) is 13.2 Å². The number of aromatic amines is 2. The normalized spacial score (nSPS) is 14.6. The van der Waals surface area contributed by atoms with E-state index in [2.05, 4.69) is 20.9 Å². The lowest BCUT2D eigenvalue weighted by atomic mass is 10.1. The number of rotatable bonds is 4. The summed E-state index contributed by atoms with van der Waals surface area (Å²) in [6.07, 6.45) is 0.730. The van der Waals surface area contributed by atoms with Crippen LogP contribution in [0.4, 0.5) is 0 Å². The lowest BCUT2D eigenvalue weighted by molar-refractivity contribution is 0.234. The van der Waals surface area contributed by atoms with Crippen LogP contribution in [0.1, 0.15) is 23.7 Å². The third-order valence-electron chi connectivity index (χ3n) is 3.86. The maximum atomic E-state index is 11.9. The Morgan fingerprint density at radius 2 is 2.14 bits per heavy atom. The third-order valence-corrected chi connectivity index (χ3v) is 4.06. The van der Waals surface area contributed by atoms with Gasteiger partial charge in [0.1, 0.15) is 5.75 Å². The van der Waals surface area contributed by atoms with Crippen molar-refractivity contribution in [1.82, 2.24) is 14.9 Å². The maximum absolute atomic E-state index is 11.9. The quantitative estimate of drug-likeness (QED) is 0.850. The summed E-state index contributed by atoms with van der Waals surface area (Å²) in [6, 6.07) is 8.08. The lowest BCUT2D eigenvalue weighted by Gasteiger charge is -2.28. The van der Waals surface area contributed by atoms with E-state index in [1.807, 2.05) is 25.1 Å². The highest BCUT2D eigenvalue weighted by Gasteiger charge is 2.20. The molecule has 0 spiro atoms. The van der Waals surface area contributed by atoms with Crippen LogP contribution in [0.5, 0.6) is 5.75 Å². The fourth-order valence-electron chi connectivity index (χ4n) is 2.84. The summed E-state index contributed by atoms with van der Waals surface area (Å²) >= 11 is 5.06. The van der Waals surface area contributed by atoms with Crippen LogP contribution in [0.15, 0.2) is 29.1 Å². The predicted octanol–water partition coefficient (Wildman–Crippen LogP) is 2.39. The van der Waals surface area contributed by atoms with Gasteiger partial charge < -0.3 is 9.72 Å². The van der Waals surface area contributed by atoms with E-state index in [9.17, 15) is 4.79 Å². The maximum Gasteiger partial charge on any atom is 0.255 e. The van der Waals surface area contributed by atoms with E-state index in [0.717, 1.165) is 42.1 Å². The molecule has 22 heavy (non-hydrogen) atoms. The number of hydrogen-bond acceptors (Lipinski definition) is 4. The molecule has 0 atom stereocenters. The van der Waals surface area contributed by atoms with E-state index in [-0.39, 0.29) is 5.56 Å². The van der Waals surface area contributed by atoms with Gasteiger partial charge in [-0.1, -0.05) is 18.2 Å². The first-order chi connectivity index (χ1) is 10.7. The zero-order valence-corrected chi connectivity index (χ0v) is 13.3. The van der Waals surface area contributed by atoms with Gasteiger partial charge in [0.2, 0.25) is 0 Å². The Kier molecular flexibility index (Phi) is 4.40. The Morgan fingerprint density at radius 3 is 2.95 bits per heavy atom. The molecule has 1 aliphatic rings. The predicted molar refractivity (Wildman–Crippen MR) is 87.7 cm³/mol. The molecule has 0 amide bonds. The van der Waals surface area contributed by atoms with Crippen LogP contribution in [-0.4, -0.2) is 28.0 Å². The van der Waals surface area contributed by atoms with Gasteiger partial charge in [-0.2, -0.15) is 0 Å². The average Bonchev–Trinajstić information content (AvgIpc) is 2.49. The van der Waals surface area contributed by atoms with E-state index >= 15 is 0 Å². The van der Waals surface area contributed by atoms with Gasteiger partial charge in [-0.25, -0.2) is 0 Å². The van der Waals surface area contributed by atoms with Crippen LogP contribution in [0.3, 0.4) is 0 Å². The van der Waals surface area contributed by atoms with Crippen LogP contribution >= 0.6 is 12.2 Å². The number of H-pyrrole nitrogens is 2. The number of aromatic nitrogens is 2. The Hall–Kier alpha value is -1.92. The van der Waals surface area contributed by atoms with Gasteiger partial charge in [0.05, 0.1) is 6.61 Å². The van der Waals surface area contributed by atoms with Crippen LogP contribution in [-0.2, 0) is 19.5 Å². The minimum Gasteiger partial charge on any atom is -0.494 e. The molecule has 1 aliphatic heterocycles. The molecule has 2 aromatic rings. The molecule has 0 saturated heterocycles. The molecular weight excluding hydrogens is 298 g/mol. The summed E-state index contributed by atoms with van der Waals surface area (Å²) in [7, 11) is 0. The number of nitrogens with zero attached hydrogens (tertiary/aromatic N) is 1. The molecule has 0 aliphatic carbocycles. The van der Waals surface area contributed by atoms with E-state index < -0.39 is 0 Å². The zero-order chi connectivity index (χ0) is 15.5. The summed E-state index contributed by atoms with van der Waals surface area (Å²) in [6.45, 7) is 4.98.